The topological polar surface area (TPSA) is 138 Å². The summed E-state index contributed by atoms with van der Waals surface area (Å²) in [4.78, 5) is 22.7. The highest BCUT2D eigenvalue weighted by Gasteiger charge is 2.54. The number of benzene rings is 4. The predicted molar refractivity (Wildman–Crippen MR) is 184 cm³/mol. The fourth-order valence-corrected chi connectivity index (χ4v) is 6.01. The molecule has 0 fully saturated rings. The van der Waals surface area contributed by atoms with Crippen molar-refractivity contribution in [3.8, 4) is 11.5 Å². The summed E-state index contributed by atoms with van der Waals surface area (Å²) in [7, 11) is 0. The zero-order valence-electron chi connectivity index (χ0n) is 26.0. The van der Waals surface area contributed by atoms with E-state index in [4.69, 9.17) is 24.3 Å². The second-order valence-corrected chi connectivity index (χ2v) is 11.7. The molecule has 4 aromatic rings. The van der Waals surface area contributed by atoms with E-state index < -0.39 is 11.6 Å². The van der Waals surface area contributed by atoms with E-state index in [1.807, 2.05) is 79.7 Å². The van der Waals surface area contributed by atoms with Gasteiger partial charge in [0.05, 0.1) is 13.2 Å². The lowest BCUT2D eigenvalue weighted by Gasteiger charge is -2.31. The second-order valence-electron chi connectivity index (χ2n) is 10.9. The highest BCUT2D eigenvalue weighted by Crippen LogP contribution is 2.45. The summed E-state index contributed by atoms with van der Waals surface area (Å²) in [5, 5.41) is 16.1. The van der Waals surface area contributed by atoms with E-state index in [2.05, 4.69) is 31.3 Å². The van der Waals surface area contributed by atoms with Crippen LogP contribution in [0.1, 0.15) is 41.7 Å². The zero-order valence-corrected chi connectivity index (χ0v) is 27.6. The molecule has 2 N–H and O–H groups in total. The van der Waals surface area contributed by atoms with Crippen molar-refractivity contribution in [2.75, 3.05) is 26.4 Å². The monoisotopic (exact) mass is 697 g/mol. The maximum Gasteiger partial charge on any atom is 0.252 e. The molecule has 0 spiro atoms. The van der Waals surface area contributed by atoms with Gasteiger partial charge in [-0.1, -0.05) is 81.7 Å². The number of halogens is 1. The van der Waals surface area contributed by atoms with Gasteiger partial charge in [-0.2, -0.15) is 0 Å². The molecule has 242 valence electrons. The highest BCUT2D eigenvalue weighted by atomic mass is 79.9. The summed E-state index contributed by atoms with van der Waals surface area (Å²) in [5.41, 5.74) is 11.3. The first kappa shape index (κ1) is 33.5. The first-order valence-corrected chi connectivity index (χ1v) is 16.3. The molecule has 0 radical (unpaired) electrons. The summed E-state index contributed by atoms with van der Waals surface area (Å²) in [6.45, 7) is 3.24. The smallest absolute Gasteiger partial charge is 0.252 e. The molecule has 1 aliphatic rings. The molecule has 11 heteroatoms. The molecule has 1 heterocycles. The molecular weight excluding hydrogens is 662 g/mol. The molecule has 0 aliphatic carbocycles. The van der Waals surface area contributed by atoms with Crippen molar-refractivity contribution in [3.05, 3.63) is 134 Å². The van der Waals surface area contributed by atoms with Crippen LogP contribution in [-0.2, 0) is 22.4 Å². The molecule has 10 nitrogen and oxygen atoms in total. The molecular formula is C36H36BrN5O5. The lowest BCUT2D eigenvalue weighted by molar-refractivity contribution is -0.128. The van der Waals surface area contributed by atoms with Gasteiger partial charge in [0, 0.05) is 52.2 Å². The number of aliphatic imine (C=N–C) groups is 1. The summed E-state index contributed by atoms with van der Waals surface area (Å²) in [5.74, 6) is 1.39. The minimum atomic E-state index is -1.48. The molecule has 0 bridgehead atoms. The number of amides is 1. The number of carbonyl (C=O) groups excluding carboxylic acids is 1. The van der Waals surface area contributed by atoms with Crippen LogP contribution in [0, 0.1) is 0 Å². The number of nitrogens with zero attached hydrogens (tertiary/aromatic N) is 4. The maximum absolute atomic E-state index is 14.6. The fourth-order valence-electron chi connectivity index (χ4n) is 5.51. The fraction of sp³-hybridized carbons (Fsp3) is 0.278. The van der Waals surface area contributed by atoms with Gasteiger partial charge < -0.3 is 24.6 Å². The van der Waals surface area contributed by atoms with Crippen molar-refractivity contribution in [1.29, 1.82) is 0 Å². The normalized spacial score (nSPS) is 16.8. The van der Waals surface area contributed by atoms with Crippen LogP contribution in [0.4, 0.5) is 5.69 Å². The van der Waals surface area contributed by atoms with E-state index in [9.17, 15) is 10.3 Å². The van der Waals surface area contributed by atoms with Crippen LogP contribution in [0.5, 0.6) is 11.5 Å². The maximum atomic E-state index is 14.6. The largest absolute Gasteiger partial charge is 0.494 e. The SMILES string of the molecule is CCOc1ccccc1CCNC(=O)[C@]1(Cc2ccccc2N=[N+]=[N-])N=C(c2ccc(OCCCO)cc2)O[C@@H]1c1ccccc1Br. The number of ether oxygens (including phenoxy) is 3. The molecule has 1 amide bonds. The first-order chi connectivity index (χ1) is 23.0. The summed E-state index contributed by atoms with van der Waals surface area (Å²) in [6, 6.07) is 29.8. The standard InChI is InChI=1S/C36H36BrN5O5/c1-2-45-32-15-8-4-10-25(32)20-21-39-35(44)36(24-27-11-3-7-14-31(27)41-42-38)33(29-12-5-6-13-30(29)37)47-34(40-36)26-16-18-28(19-17-26)46-23-9-22-43/h3-8,10-19,33,43H,2,9,20-24H2,1H3,(H,39,44)/t33-,36-/m1/s1. The van der Waals surface area contributed by atoms with Crippen LogP contribution in [-0.4, -0.2) is 48.8 Å². The van der Waals surface area contributed by atoms with Crippen LogP contribution < -0.4 is 14.8 Å². The number of azide groups is 1. The Bertz CT molecular complexity index is 1760. The number of hydrogen-bond acceptors (Lipinski definition) is 7. The van der Waals surface area contributed by atoms with E-state index in [0.29, 0.717) is 61.1 Å². The number of hydrogen-bond donors (Lipinski definition) is 2. The quantitative estimate of drug-likeness (QED) is 0.0577. The Kier molecular flexibility index (Phi) is 11.5. The number of nitrogens with one attached hydrogen (secondary N) is 1. The van der Waals surface area contributed by atoms with E-state index in [0.717, 1.165) is 21.3 Å². The van der Waals surface area contributed by atoms with Gasteiger partial charge in [-0.05, 0) is 66.4 Å². The van der Waals surface area contributed by atoms with Crippen molar-refractivity contribution >= 4 is 33.4 Å². The molecule has 4 aromatic carbocycles. The number of aliphatic hydroxyl groups excluding tert-OH is 1. The molecule has 1 aliphatic heterocycles. The van der Waals surface area contributed by atoms with E-state index in [1.165, 1.54) is 0 Å². The van der Waals surface area contributed by atoms with Crippen molar-refractivity contribution in [1.82, 2.24) is 5.32 Å². The lowest BCUT2D eigenvalue weighted by Crippen LogP contribution is -2.50. The van der Waals surface area contributed by atoms with Gasteiger partial charge >= 0.3 is 0 Å². The first-order valence-electron chi connectivity index (χ1n) is 15.5. The number of carbonyl (C=O) groups is 1. The van der Waals surface area contributed by atoms with Gasteiger partial charge in [-0.25, -0.2) is 4.99 Å². The van der Waals surface area contributed by atoms with Crippen molar-refractivity contribution in [3.63, 3.8) is 0 Å². The molecule has 5 rings (SSSR count). The average molecular weight is 699 g/mol. The Labute approximate surface area is 282 Å². The Morgan fingerprint density at radius 2 is 1.74 bits per heavy atom. The van der Waals surface area contributed by atoms with Crippen LogP contribution >= 0.6 is 15.9 Å². The molecule has 0 aromatic heterocycles. The van der Waals surface area contributed by atoms with E-state index in [1.54, 1.807) is 24.3 Å². The third-order valence-electron chi connectivity index (χ3n) is 7.77. The second kappa shape index (κ2) is 16.1. The molecule has 0 unspecified atom stereocenters. The van der Waals surface area contributed by atoms with Gasteiger partial charge in [-0.15, -0.1) is 0 Å². The van der Waals surface area contributed by atoms with Gasteiger partial charge in [0.25, 0.3) is 5.91 Å². The molecule has 0 saturated heterocycles. The van der Waals surface area contributed by atoms with Crippen molar-refractivity contribution in [2.24, 2.45) is 10.1 Å². The Morgan fingerprint density at radius 1 is 1.02 bits per heavy atom. The Hall–Kier alpha value is -4.83. The number of para-hydroxylation sites is 1. The van der Waals surface area contributed by atoms with Crippen LogP contribution in [0.15, 0.2) is 112 Å². The minimum absolute atomic E-state index is 0.0468. The zero-order chi connectivity index (χ0) is 33.1. The van der Waals surface area contributed by atoms with Gasteiger partial charge in [0.1, 0.15) is 11.5 Å². The van der Waals surface area contributed by atoms with Crippen LogP contribution in [0.2, 0.25) is 0 Å². The molecule has 47 heavy (non-hydrogen) atoms. The lowest BCUT2D eigenvalue weighted by atomic mass is 9.81. The van der Waals surface area contributed by atoms with Crippen molar-refractivity contribution < 1.29 is 24.1 Å². The van der Waals surface area contributed by atoms with E-state index >= 15 is 0 Å². The number of rotatable bonds is 15. The number of aliphatic hydroxyl groups is 1. The Balaban J connectivity index is 1.56. The Morgan fingerprint density at radius 3 is 2.49 bits per heavy atom. The van der Waals surface area contributed by atoms with Gasteiger partial charge in [0.2, 0.25) is 5.90 Å². The third-order valence-corrected chi connectivity index (χ3v) is 8.50. The average Bonchev–Trinajstić information content (AvgIpc) is 3.47. The van der Waals surface area contributed by atoms with Crippen LogP contribution in [0.3, 0.4) is 0 Å². The third kappa shape index (κ3) is 7.94. The summed E-state index contributed by atoms with van der Waals surface area (Å²) < 4.78 is 18.9. The van der Waals surface area contributed by atoms with Gasteiger partial charge in [0.15, 0.2) is 11.6 Å². The minimum Gasteiger partial charge on any atom is -0.494 e. The summed E-state index contributed by atoms with van der Waals surface area (Å²) >= 11 is 3.68. The van der Waals surface area contributed by atoms with Crippen molar-refractivity contribution in [2.45, 2.75) is 37.8 Å². The summed E-state index contributed by atoms with van der Waals surface area (Å²) in [6.07, 6.45) is 0.337. The highest BCUT2D eigenvalue weighted by molar-refractivity contribution is 9.10. The van der Waals surface area contributed by atoms with E-state index in [-0.39, 0.29) is 18.9 Å². The predicted octanol–water partition coefficient (Wildman–Crippen LogP) is 7.41. The molecule has 0 saturated carbocycles. The van der Waals surface area contributed by atoms with Gasteiger partial charge in [-0.3, -0.25) is 4.79 Å². The van der Waals surface area contributed by atoms with Crippen LogP contribution in [0.25, 0.3) is 10.4 Å². The molecule has 2 atom stereocenters.